The number of aliphatic hydroxyl groups is 1. The molecule has 0 aromatic heterocycles. The lowest BCUT2D eigenvalue weighted by Crippen LogP contribution is -2.49. The van der Waals surface area contributed by atoms with Crippen molar-refractivity contribution < 1.29 is 9.84 Å². The standard InChI is InChI=1S/C14H29NO2/c1-6-10(2)14(5,16)9-15-13-7-11(3)17-12(4)8-13/h10-13,15-16H,6-9H2,1-5H3. The van der Waals surface area contributed by atoms with Gasteiger partial charge in [-0.1, -0.05) is 20.3 Å². The summed E-state index contributed by atoms with van der Waals surface area (Å²) in [5, 5.41) is 13.9. The van der Waals surface area contributed by atoms with Crippen LogP contribution in [-0.4, -0.2) is 35.5 Å². The van der Waals surface area contributed by atoms with E-state index in [2.05, 4.69) is 33.0 Å². The van der Waals surface area contributed by atoms with Crippen LogP contribution in [0.2, 0.25) is 0 Å². The quantitative estimate of drug-likeness (QED) is 0.778. The van der Waals surface area contributed by atoms with E-state index in [0.717, 1.165) is 19.3 Å². The number of rotatable bonds is 5. The van der Waals surface area contributed by atoms with Gasteiger partial charge in [0.2, 0.25) is 0 Å². The van der Waals surface area contributed by atoms with Gasteiger partial charge in [0, 0.05) is 12.6 Å². The van der Waals surface area contributed by atoms with Gasteiger partial charge in [-0.25, -0.2) is 0 Å². The van der Waals surface area contributed by atoms with Gasteiger partial charge in [-0.2, -0.15) is 0 Å². The predicted octanol–water partition coefficient (Wildman–Crippen LogP) is 2.33. The third-order valence-corrected chi connectivity index (χ3v) is 4.12. The summed E-state index contributed by atoms with van der Waals surface area (Å²) in [5.41, 5.74) is -0.612. The van der Waals surface area contributed by atoms with E-state index in [-0.39, 0.29) is 0 Å². The lowest BCUT2D eigenvalue weighted by molar-refractivity contribution is -0.0498. The largest absolute Gasteiger partial charge is 0.389 e. The van der Waals surface area contributed by atoms with Gasteiger partial charge < -0.3 is 15.2 Å². The highest BCUT2D eigenvalue weighted by molar-refractivity contribution is 4.85. The SMILES string of the molecule is CCC(C)C(C)(O)CNC1CC(C)OC(C)C1. The molecule has 4 atom stereocenters. The first-order valence-electron chi connectivity index (χ1n) is 6.96. The number of nitrogens with one attached hydrogen (secondary N) is 1. The van der Waals surface area contributed by atoms with Gasteiger partial charge in [-0.3, -0.25) is 0 Å². The second-order valence-electron chi connectivity index (χ2n) is 5.97. The molecule has 1 saturated heterocycles. The molecule has 0 spiro atoms. The smallest absolute Gasteiger partial charge is 0.0768 e. The first-order valence-corrected chi connectivity index (χ1v) is 6.96. The van der Waals surface area contributed by atoms with Crippen molar-refractivity contribution in [3.8, 4) is 0 Å². The summed E-state index contributed by atoms with van der Waals surface area (Å²) >= 11 is 0. The Labute approximate surface area is 106 Å². The molecule has 0 radical (unpaired) electrons. The van der Waals surface area contributed by atoms with Gasteiger partial charge in [0.1, 0.15) is 0 Å². The molecule has 1 heterocycles. The maximum absolute atomic E-state index is 10.4. The normalized spacial score (nSPS) is 35.3. The van der Waals surface area contributed by atoms with Crippen LogP contribution in [0.1, 0.15) is 53.9 Å². The van der Waals surface area contributed by atoms with Crippen molar-refractivity contribution in [2.24, 2.45) is 5.92 Å². The van der Waals surface area contributed by atoms with Gasteiger partial charge in [0.15, 0.2) is 0 Å². The predicted molar refractivity (Wildman–Crippen MR) is 71.1 cm³/mol. The average molecular weight is 243 g/mol. The highest BCUT2D eigenvalue weighted by Gasteiger charge is 2.30. The minimum Gasteiger partial charge on any atom is -0.389 e. The van der Waals surface area contributed by atoms with Gasteiger partial charge in [0.25, 0.3) is 0 Å². The zero-order valence-electron chi connectivity index (χ0n) is 12.0. The van der Waals surface area contributed by atoms with E-state index >= 15 is 0 Å². The first kappa shape index (κ1) is 14.9. The fourth-order valence-corrected chi connectivity index (χ4v) is 2.54. The summed E-state index contributed by atoms with van der Waals surface area (Å²) in [6.07, 6.45) is 3.74. The van der Waals surface area contributed by atoms with Crippen LogP contribution in [0.4, 0.5) is 0 Å². The summed E-state index contributed by atoms with van der Waals surface area (Å²) < 4.78 is 5.71. The summed E-state index contributed by atoms with van der Waals surface area (Å²) in [6.45, 7) is 11.1. The van der Waals surface area contributed by atoms with Crippen molar-refractivity contribution in [2.75, 3.05) is 6.54 Å². The fraction of sp³-hybridized carbons (Fsp3) is 1.00. The summed E-state index contributed by atoms with van der Waals surface area (Å²) in [4.78, 5) is 0. The zero-order valence-corrected chi connectivity index (χ0v) is 12.0. The van der Waals surface area contributed by atoms with E-state index < -0.39 is 5.60 Å². The van der Waals surface area contributed by atoms with Crippen LogP contribution in [0.3, 0.4) is 0 Å². The number of hydrogen-bond acceptors (Lipinski definition) is 3. The maximum Gasteiger partial charge on any atom is 0.0768 e. The Bertz CT molecular complexity index is 220. The van der Waals surface area contributed by atoms with E-state index in [1.807, 2.05) is 6.92 Å². The maximum atomic E-state index is 10.4. The van der Waals surface area contributed by atoms with Crippen LogP contribution in [0.25, 0.3) is 0 Å². The third-order valence-electron chi connectivity index (χ3n) is 4.12. The molecule has 2 N–H and O–H groups in total. The Kier molecular flexibility index (Phi) is 5.42. The van der Waals surface area contributed by atoms with E-state index in [0.29, 0.717) is 30.7 Å². The second kappa shape index (κ2) is 6.17. The van der Waals surface area contributed by atoms with Crippen LogP contribution in [-0.2, 0) is 4.74 Å². The zero-order chi connectivity index (χ0) is 13.1. The van der Waals surface area contributed by atoms with Crippen molar-refractivity contribution in [1.29, 1.82) is 0 Å². The van der Waals surface area contributed by atoms with Gasteiger partial charge in [-0.15, -0.1) is 0 Å². The molecule has 3 nitrogen and oxygen atoms in total. The molecular formula is C14H29NO2. The molecule has 102 valence electrons. The second-order valence-corrected chi connectivity index (χ2v) is 5.97. The molecule has 4 unspecified atom stereocenters. The van der Waals surface area contributed by atoms with Crippen LogP contribution in [0.5, 0.6) is 0 Å². The molecular weight excluding hydrogens is 214 g/mol. The van der Waals surface area contributed by atoms with Crippen molar-refractivity contribution in [1.82, 2.24) is 5.32 Å². The fourth-order valence-electron chi connectivity index (χ4n) is 2.54. The molecule has 3 heteroatoms. The lowest BCUT2D eigenvalue weighted by Gasteiger charge is -2.36. The highest BCUT2D eigenvalue weighted by Crippen LogP contribution is 2.22. The van der Waals surface area contributed by atoms with Gasteiger partial charge in [0.05, 0.1) is 17.8 Å². The van der Waals surface area contributed by atoms with Crippen molar-refractivity contribution in [2.45, 2.75) is 77.7 Å². The first-order chi connectivity index (χ1) is 7.85. The summed E-state index contributed by atoms with van der Waals surface area (Å²) in [5.74, 6) is 0.324. The monoisotopic (exact) mass is 243 g/mol. The highest BCUT2D eigenvalue weighted by atomic mass is 16.5. The Balaban J connectivity index is 2.39. The van der Waals surface area contributed by atoms with Crippen LogP contribution in [0, 0.1) is 5.92 Å². The molecule has 0 amide bonds. The molecule has 1 fully saturated rings. The summed E-state index contributed by atoms with van der Waals surface area (Å²) in [7, 11) is 0. The topological polar surface area (TPSA) is 41.5 Å². The molecule has 17 heavy (non-hydrogen) atoms. The van der Waals surface area contributed by atoms with Gasteiger partial charge in [-0.05, 0) is 39.5 Å². The van der Waals surface area contributed by atoms with Crippen molar-refractivity contribution in [3.05, 3.63) is 0 Å². The molecule has 0 aliphatic carbocycles. The van der Waals surface area contributed by atoms with E-state index in [9.17, 15) is 5.11 Å². The molecule has 0 aromatic carbocycles. The minimum atomic E-state index is -0.612. The lowest BCUT2D eigenvalue weighted by atomic mass is 9.88. The Morgan fingerprint density at radius 3 is 2.35 bits per heavy atom. The van der Waals surface area contributed by atoms with E-state index in [4.69, 9.17) is 4.74 Å². The molecule has 1 aliphatic rings. The minimum absolute atomic E-state index is 0.324. The van der Waals surface area contributed by atoms with Gasteiger partial charge >= 0.3 is 0 Å². The Hall–Kier alpha value is -0.120. The third kappa shape index (κ3) is 4.57. The Morgan fingerprint density at radius 2 is 1.88 bits per heavy atom. The van der Waals surface area contributed by atoms with Crippen LogP contribution >= 0.6 is 0 Å². The molecule has 0 saturated carbocycles. The van der Waals surface area contributed by atoms with E-state index in [1.54, 1.807) is 0 Å². The van der Waals surface area contributed by atoms with Crippen molar-refractivity contribution >= 4 is 0 Å². The van der Waals surface area contributed by atoms with Crippen LogP contribution in [0.15, 0.2) is 0 Å². The number of hydrogen-bond donors (Lipinski definition) is 2. The van der Waals surface area contributed by atoms with E-state index in [1.165, 1.54) is 0 Å². The molecule has 0 aromatic rings. The molecule has 1 aliphatic heterocycles. The van der Waals surface area contributed by atoms with Crippen molar-refractivity contribution in [3.63, 3.8) is 0 Å². The summed E-state index contributed by atoms with van der Waals surface area (Å²) in [6, 6.07) is 0.476. The molecule has 0 bridgehead atoms. The van der Waals surface area contributed by atoms with Crippen LogP contribution < -0.4 is 5.32 Å². The molecule has 1 rings (SSSR count). The average Bonchev–Trinajstić information content (AvgIpc) is 2.24. The number of ether oxygens (including phenoxy) is 1. The Morgan fingerprint density at radius 1 is 1.35 bits per heavy atom.